The number of allylic oxidation sites excluding steroid dienone is 2. The molecule has 1 unspecified atom stereocenters. The van der Waals surface area contributed by atoms with E-state index in [-0.39, 0.29) is 0 Å². The first-order valence-electron chi connectivity index (χ1n) is 6.39. The van der Waals surface area contributed by atoms with Gasteiger partial charge in [0.2, 0.25) is 0 Å². The monoisotopic (exact) mass is 221 g/mol. The molecule has 2 nitrogen and oxygen atoms in total. The molecule has 1 fully saturated rings. The lowest BCUT2D eigenvalue weighted by molar-refractivity contribution is 0.0311. The number of nitrogens with zero attached hydrogens (tertiary/aromatic N) is 1. The van der Waals surface area contributed by atoms with E-state index in [1.54, 1.807) is 0 Å². The molecule has 0 bridgehead atoms. The SMILES string of the molecule is CC(C)(C)C(C1=CCC=N1)C1CCOCC1. The highest BCUT2D eigenvalue weighted by Gasteiger charge is 2.36. The van der Waals surface area contributed by atoms with E-state index in [0.29, 0.717) is 11.3 Å². The number of aliphatic imine (C=N–C) groups is 1. The molecular formula is C14H23NO. The van der Waals surface area contributed by atoms with Crippen molar-refractivity contribution >= 4 is 6.21 Å². The smallest absolute Gasteiger partial charge is 0.0468 e. The minimum absolute atomic E-state index is 0.301. The second-order valence-corrected chi connectivity index (χ2v) is 5.97. The minimum Gasteiger partial charge on any atom is -0.381 e. The number of rotatable bonds is 2. The third kappa shape index (κ3) is 2.54. The molecule has 0 aromatic carbocycles. The molecule has 0 saturated carbocycles. The van der Waals surface area contributed by atoms with Crippen LogP contribution in [-0.2, 0) is 4.74 Å². The van der Waals surface area contributed by atoms with E-state index in [1.165, 1.54) is 18.5 Å². The van der Waals surface area contributed by atoms with Gasteiger partial charge in [-0.1, -0.05) is 26.8 Å². The summed E-state index contributed by atoms with van der Waals surface area (Å²) in [6.07, 6.45) is 7.73. The van der Waals surface area contributed by atoms with Gasteiger partial charge in [0.25, 0.3) is 0 Å². The topological polar surface area (TPSA) is 21.6 Å². The summed E-state index contributed by atoms with van der Waals surface area (Å²) in [6.45, 7) is 8.86. The highest BCUT2D eigenvalue weighted by Crippen LogP contribution is 2.43. The Morgan fingerprint density at radius 1 is 1.31 bits per heavy atom. The maximum absolute atomic E-state index is 5.47. The molecule has 0 aromatic heterocycles. The van der Waals surface area contributed by atoms with Crippen LogP contribution in [0.2, 0.25) is 0 Å². The van der Waals surface area contributed by atoms with Crippen LogP contribution in [0.4, 0.5) is 0 Å². The number of hydrogen-bond acceptors (Lipinski definition) is 2. The standard InChI is InChI=1S/C14H23NO/c1-14(2,3)13(12-5-4-8-15-12)11-6-9-16-10-7-11/h5,8,11,13H,4,6-7,9-10H2,1-3H3. The van der Waals surface area contributed by atoms with Gasteiger partial charge in [-0.3, -0.25) is 4.99 Å². The Morgan fingerprint density at radius 2 is 2.00 bits per heavy atom. The van der Waals surface area contributed by atoms with E-state index >= 15 is 0 Å². The van der Waals surface area contributed by atoms with E-state index in [9.17, 15) is 0 Å². The molecule has 1 saturated heterocycles. The fourth-order valence-electron chi connectivity index (χ4n) is 3.03. The van der Waals surface area contributed by atoms with Crippen molar-refractivity contribution in [2.24, 2.45) is 22.2 Å². The largest absolute Gasteiger partial charge is 0.381 e. The van der Waals surface area contributed by atoms with Gasteiger partial charge in [-0.25, -0.2) is 0 Å². The van der Waals surface area contributed by atoms with Gasteiger partial charge in [-0.2, -0.15) is 0 Å². The zero-order valence-corrected chi connectivity index (χ0v) is 10.7. The molecule has 2 heterocycles. The Labute approximate surface area is 98.8 Å². The first kappa shape index (κ1) is 11.8. The second kappa shape index (κ2) is 4.70. The Bertz CT molecular complexity index is 292. The summed E-state index contributed by atoms with van der Waals surface area (Å²) in [6, 6.07) is 0. The van der Waals surface area contributed by atoms with E-state index in [4.69, 9.17) is 4.74 Å². The summed E-state index contributed by atoms with van der Waals surface area (Å²) in [5.74, 6) is 1.34. The highest BCUT2D eigenvalue weighted by molar-refractivity contribution is 5.65. The van der Waals surface area contributed by atoms with Crippen LogP contribution in [-0.4, -0.2) is 19.4 Å². The summed E-state index contributed by atoms with van der Waals surface area (Å²) in [5, 5.41) is 0. The van der Waals surface area contributed by atoms with Gasteiger partial charge in [0.05, 0.1) is 0 Å². The molecule has 0 aliphatic carbocycles. The van der Waals surface area contributed by atoms with Gasteiger partial charge in [0, 0.05) is 37.5 Å². The lowest BCUT2D eigenvalue weighted by atomic mass is 9.69. The van der Waals surface area contributed by atoms with Gasteiger partial charge in [0.15, 0.2) is 0 Å². The summed E-state index contributed by atoms with van der Waals surface area (Å²) in [7, 11) is 0. The molecule has 2 rings (SSSR count). The van der Waals surface area contributed by atoms with Gasteiger partial charge in [-0.15, -0.1) is 0 Å². The molecule has 0 N–H and O–H groups in total. The molecule has 1 atom stereocenters. The van der Waals surface area contributed by atoms with Crippen LogP contribution in [0.5, 0.6) is 0 Å². The van der Waals surface area contributed by atoms with Crippen molar-refractivity contribution in [2.75, 3.05) is 13.2 Å². The lowest BCUT2D eigenvalue weighted by Crippen LogP contribution is -2.33. The van der Waals surface area contributed by atoms with E-state index < -0.39 is 0 Å². The first-order chi connectivity index (χ1) is 7.59. The van der Waals surface area contributed by atoms with E-state index in [1.807, 2.05) is 6.21 Å². The van der Waals surface area contributed by atoms with Crippen molar-refractivity contribution in [3.05, 3.63) is 11.8 Å². The molecular weight excluding hydrogens is 198 g/mol. The predicted molar refractivity (Wildman–Crippen MR) is 67.7 cm³/mol. The number of ether oxygens (including phenoxy) is 1. The highest BCUT2D eigenvalue weighted by atomic mass is 16.5. The molecule has 2 aliphatic heterocycles. The van der Waals surface area contributed by atoms with Gasteiger partial charge >= 0.3 is 0 Å². The zero-order chi connectivity index (χ0) is 11.6. The van der Waals surface area contributed by atoms with Crippen LogP contribution in [0.15, 0.2) is 16.8 Å². The third-order valence-electron chi connectivity index (χ3n) is 3.66. The van der Waals surface area contributed by atoms with Crippen LogP contribution in [0, 0.1) is 17.3 Å². The molecule has 2 aliphatic rings. The fourth-order valence-corrected chi connectivity index (χ4v) is 3.03. The molecule has 16 heavy (non-hydrogen) atoms. The van der Waals surface area contributed by atoms with Gasteiger partial charge in [-0.05, 0) is 24.2 Å². The van der Waals surface area contributed by atoms with Crippen molar-refractivity contribution in [2.45, 2.75) is 40.0 Å². The third-order valence-corrected chi connectivity index (χ3v) is 3.66. The average Bonchev–Trinajstić information content (AvgIpc) is 2.71. The quantitative estimate of drug-likeness (QED) is 0.700. The zero-order valence-electron chi connectivity index (χ0n) is 10.7. The number of hydrogen-bond donors (Lipinski definition) is 0. The van der Waals surface area contributed by atoms with Gasteiger partial charge < -0.3 is 4.74 Å². The summed E-state index contributed by atoms with van der Waals surface area (Å²) < 4.78 is 5.47. The molecule has 0 aromatic rings. The van der Waals surface area contributed by atoms with Crippen molar-refractivity contribution in [3.63, 3.8) is 0 Å². The van der Waals surface area contributed by atoms with Crippen molar-refractivity contribution in [1.82, 2.24) is 0 Å². The maximum Gasteiger partial charge on any atom is 0.0468 e. The molecule has 2 heteroatoms. The minimum atomic E-state index is 0.301. The summed E-state index contributed by atoms with van der Waals surface area (Å²) in [5.41, 5.74) is 1.62. The van der Waals surface area contributed by atoms with E-state index in [2.05, 4.69) is 31.8 Å². The Balaban J connectivity index is 2.16. The Kier molecular flexibility index (Phi) is 3.48. The van der Waals surface area contributed by atoms with Crippen molar-refractivity contribution < 1.29 is 4.74 Å². The average molecular weight is 221 g/mol. The van der Waals surface area contributed by atoms with Crippen molar-refractivity contribution in [1.29, 1.82) is 0 Å². The molecule has 90 valence electrons. The fraction of sp³-hybridized carbons (Fsp3) is 0.786. The van der Waals surface area contributed by atoms with Crippen LogP contribution < -0.4 is 0 Å². The van der Waals surface area contributed by atoms with E-state index in [0.717, 1.165) is 25.6 Å². The molecule has 0 radical (unpaired) electrons. The van der Waals surface area contributed by atoms with Crippen LogP contribution in [0.1, 0.15) is 40.0 Å². The lowest BCUT2D eigenvalue weighted by Gasteiger charge is -2.39. The summed E-state index contributed by atoms with van der Waals surface area (Å²) in [4.78, 5) is 4.57. The van der Waals surface area contributed by atoms with Gasteiger partial charge in [0.1, 0.15) is 0 Å². The Morgan fingerprint density at radius 3 is 2.50 bits per heavy atom. The molecule has 0 amide bonds. The normalized spacial score (nSPS) is 24.6. The van der Waals surface area contributed by atoms with Crippen LogP contribution in [0.3, 0.4) is 0 Å². The molecule has 0 spiro atoms. The summed E-state index contributed by atoms with van der Waals surface area (Å²) >= 11 is 0. The maximum atomic E-state index is 5.47. The first-order valence-corrected chi connectivity index (χ1v) is 6.39. The van der Waals surface area contributed by atoms with Crippen molar-refractivity contribution in [3.8, 4) is 0 Å². The predicted octanol–water partition coefficient (Wildman–Crippen LogP) is 3.43. The van der Waals surface area contributed by atoms with Crippen LogP contribution in [0.25, 0.3) is 0 Å². The second-order valence-electron chi connectivity index (χ2n) is 5.97. The van der Waals surface area contributed by atoms with Crippen LogP contribution >= 0.6 is 0 Å². The Hall–Kier alpha value is -0.630.